The van der Waals surface area contributed by atoms with E-state index >= 15 is 0 Å². The summed E-state index contributed by atoms with van der Waals surface area (Å²) in [5.74, 6) is 1.52. The standard InChI is InChI=1S/C18H26Cl2/c1-18(2,3)15-9-7-14(8-10-15)17(20)12-13-5-4-6-16(19)11-13/h4-6,11,14-15,17H,7-10,12H2,1-3H3. The average Bonchev–Trinajstić information content (AvgIpc) is 2.38. The second kappa shape index (κ2) is 6.71. The van der Waals surface area contributed by atoms with Crippen molar-refractivity contribution in [2.75, 3.05) is 0 Å². The van der Waals surface area contributed by atoms with Crippen molar-refractivity contribution in [2.45, 2.75) is 58.3 Å². The Morgan fingerprint density at radius 3 is 2.35 bits per heavy atom. The zero-order chi connectivity index (χ0) is 14.8. The van der Waals surface area contributed by atoms with E-state index in [2.05, 4.69) is 26.8 Å². The molecule has 1 aliphatic rings. The Hall–Kier alpha value is -0.200. The van der Waals surface area contributed by atoms with Crippen LogP contribution in [0.5, 0.6) is 0 Å². The average molecular weight is 313 g/mol. The van der Waals surface area contributed by atoms with E-state index in [9.17, 15) is 0 Å². The zero-order valence-electron chi connectivity index (χ0n) is 12.8. The number of benzene rings is 1. The van der Waals surface area contributed by atoms with Crippen LogP contribution in [0.25, 0.3) is 0 Å². The minimum absolute atomic E-state index is 0.245. The SMILES string of the molecule is CC(C)(C)C1CCC(C(Cl)Cc2cccc(Cl)c2)CC1. The van der Waals surface area contributed by atoms with Gasteiger partial charge in [-0.3, -0.25) is 0 Å². The fourth-order valence-corrected chi connectivity index (χ4v) is 4.05. The summed E-state index contributed by atoms with van der Waals surface area (Å²) in [7, 11) is 0. The Balaban J connectivity index is 1.87. The van der Waals surface area contributed by atoms with Crippen molar-refractivity contribution in [3.05, 3.63) is 34.9 Å². The molecule has 2 heteroatoms. The molecular weight excluding hydrogens is 287 g/mol. The van der Waals surface area contributed by atoms with Gasteiger partial charge in [-0.25, -0.2) is 0 Å². The maximum absolute atomic E-state index is 6.67. The summed E-state index contributed by atoms with van der Waals surface area (Å²) >= 11 is 12.7. The molecule has 0 bridgehead atoms. The summed E-state index contributed by atoms with van der Waals surface area (Å²) < 4.78 is 0. The molecule has 0 saturated heterocycles. The van der Waals surface area contributed by atoms with E-state index < -0.39 is 0 Å². The van der Waals surface area contributed by atoms with Gasteiger partial charge in [0.15, 0.2) is 0 Å². The smallest absolute Gasteiger partial charge is 0.0408 e. The van der Waals surface area contributed by atoms with E-state index in [4.69, 9.17) is 23.2 Å². The Labute approximate surface area is 133 Å². The van der Waals surface area contributed by atoms with E-state index in [0.29, 0.717) is 11.3 Å². The number of hydrogen-bond donors (Lipinski definition) is 0. The maximum atomic E-state index is 6.67. The van der Waals surface area contributed by atoms with Crippen LogP contribution in [0.4, 0.5) is 0 Å². The van der Waals surface area contributed by atoms with Gasteiger partial charge in [0, 0.05) is 10.4 Å². The summed E-state index contributed by atoms with van der Waals surface area (Å²) in [5.41, 5.74) is 1.70. The molecule has 0 aliphatic heterocycles. The van der Waals surface area contributed by atoms with Crippen molar-refractivity contribution < 1.29 is 0 Å². The van der Waals surface area contributed by atoms with Gasteiger partial charge in [0.05, 0.1) is 0 Å². The Bertz CT molecular complexity index is 425. The minimum Gasteiger partial charge on any atom is -0.122 e. The van der Waals surface area contributed by atoms with Crippen molar-refractivity contribution >= 4 is 23.2 Å². The number of hydrogen-bond acceptors (Lipinski definition) is 0. The molecule has 1 saturated carbocycles. The van der Waals surface area contributed by atoms with E-state index in [1.165, 1.54) is 31.2 Å². The van der Waals surface area contributed by atoms with Gasteiger partial charge in [0.1, 0.15) is 0 Å². The van der Waals surface area contributed by atoms with Crippen LogP contribution >= 0.6 is 23.2 Å². The Morgan fingerprint density at radius 2 is 1.80 bits per heavy atom. The van der Waals surface area contributed by atoms with Gasteiger partial charge >= 0.3 is 0 Å². The highest BCUT2D eigenvalue weighted by Gasteiger charge is 2.32. The van der Waals surface area contributed by atoms with E-state index in [0.717, 1.165) is 17.4 Å². The molecule has 0 nitrogen and oxygen atoms in total. The van der Waals surface area contributed by atoms with E-state index in [1.54, 1.807) is 0 Å². The lowest BCUT2D eigenvalue weighted by Gasteiger charge is -2.38. The molecular formula is C18H26Cl2. The molecule has 0 N–H and O–H groups in total. The molecule has 1 aromatic carbocycles. The quantitative estimate of drug-likeness (QED) is 0.571. The first-order valence-corrected chi connectivity index (χ1v) is 8.56. The molecule has 0 spiro atoms. The predicted octanol–water partition coefficient (Wildman–Crippen LogP) is 6.34. The van der Waals surface area contributed by atoms with Crippen LogP contribution in [0.2, 0.25) is 5.02 Å². The van der Waals surface area contributed by atoms with Crippen molar-refractivity contribution in [3.63, 3.8) is 0 Å². The highest BCUT2D eigenvalue weighted by Crippen LogP contribution is 2.42. The first-order chi connectivity index (χ1) is 9.36. The number of alkyl halides is 1. The van der Waals surface area contributed by atoms with Gasteiger partial charge in [-0.05, 0) is 67.1 Å². The minimum atomic E-state index is 0.245. The molecule has 112 valence electrons. The molecule has 1 atom stereocenters. The third-order valence-electron chi connectivity index (χ3n) is 4.83. The van der Waals surface area contributed by atoms with Crippen molar-refractivity contribution in [1.29, 1.82) is 0 Å². The fraction of sp³-hybridized carbons (Fsp3) is 0.667. The van der Waals surface area contributed by atoms with Crippen molar-refractivity contribution in [2.24, 2.45) is 17.3 Å². The van der Waals surface area contributed by atoms with Gasteiger partial charge < -0.3 is 0 Å². The Kier molecular flexibility index (Phi) is 5.42. The molecule has 1 fully saturated rings. The van der Waals surface area contributed by atoms with Gasteiger partial charge in [-0.15, -0.1) is 11.6 Å². The number of halogens is 2. The summed E-state index contributed by atoms with van der Waals surface area (Å²) in [4.78, 5) is 0. The largest absolute Gasteiger partial charge is 0.122 e. The molecule has 20 heavy (non-hydrogen) atoms. The molecule has 0 amide bonds. The van der Waals surface area contributed by atoms with Gasteiger partial charge in [0.2, 0.25) is 0 Å². The Morgan fingerprint density at radius 1 is 1.15 bits per heavy atom. The third-order valence-corrected chi connectivity index (χ3v) is 5.57. The lowest BCUT2D eigenvalue weighted by molar-refractivity contribution is 0.148. The topological polar surface area (TPSA) is 0 Å². The van der Waals surface area contributed by atoms with Gasteiger partial charge in [-0.1, -0.05) is 44.5 Å². The fourth-order valence-electron chi connectivity index (χ4n) is 3.40. The summed E-state index contributed by atoms with van der Waals surface area (Å²) in [6, 6.07) is 8.10. The lowest BCUT2D eigenvalue weighted by Crippen LogP contribution is -2.29. The molecule has 0 aromatic heterocycles. The van der Waals surface area contributed by atoms with Gasteiger partial charge in [-0.2, -0.15) is 0 Å². The van der Waals surface area contributed by atoms with Crippen LogP contribution in [0.3, 0.4) is 0 Å². The van der Waals surface area contributed by atoms with E-state index in [1.807, 2.05) is 18.2 Å². The van der Waals surface area contributed by atoms with Crippen molar-refractivity contribution in [1.82, 2.24) is 0 Å². The summed E-state index contributed by atoms with van der Waals surface area (Å²) in [6.07, 6.45) is 6.14. The molecule has 1 aliphatic carbocycles. The normalized spacial score (nSPS) is 25.4. The van der Waals surface area contributed by atoms with Crippen LogP contribution in [-0.2, 0) is 6.42 Å². The molecule has 0 heterocycles. The highest BCUT2D eigenvalue weighted by atomic mass is 35.5. The van der Waals surface area contributed by atoms with Crippen LogP contribution < -0.4 is 0 Å². The second-order valence-electron chi connectivity index (χ2n) is 7.33. The van der Waals surface area contributed by atoms with Crippen LogP contribution in [-0.4, -0.2) is 5.38 Å². The van der Waals surface area contributed by atoms with Gasteiger partial charge in [0.25, 0.3) is 0 Å². The molecule has 0 radical (unpaired) electrons. The molecule has 1 unspecified atom stereocenters. The van der Waals surface area contributed by atoms with Crippen molar-refractivity contribution in [3.8, 4) is 0 Å². The monoisotopic (exact) mass is 312 g/mol. The summed E-state index contributed by atoms with van der Waals surface area (Å²) in [5, 5.41) is 1.05. The first kappa shape index (κ1) is 16.2. The number of rotatable bonds is 3. The lowest BCUT2D eigenvalue weighted by atomic mass is 9.69. The summed E-state index contributed by atoms with van der Waals surface area (Å²) in [6.45, 7) is 7.09. The first-order valence-electron chi connectivity index (χ1n) is 7.75. The zero-order valence-corrected chi connectivity index (χ0v) is 14.3. The highest BCUT2D eigenvalue weighted by molar-refractivity contribution is 6.30. The van der Waals surface area contributed by atoms with Crippen LogP contribution in [0.15, 0.2) is 24.3 Å². The third kappa shape index (κ3) is 4.40. The van der Waals surface area contributed by atoms with Crippen LogP contribution in [0.1, 0.15) is 52.0 Å². The molecule has 2 rings (SSSR count). The van der Waals surface area contributed by atoms with E-state index in [-0.39, 0.29) is 5.38 Å². The predicted molar refractivity (Wildman–Crippen MR) is 89.7 cm³/mol. The van der Waals surface area contributed by atoms with Crippen LogP contribution in [0, 0.1) is 17.3 Å². The molecule has 1 aromatic rings. The second-order valence-corrected chi connectivity index (χ2v) is 8.32. The maximum Gasteiger partial charge on any atom is 0.0408 e.